The Morgan fingerprint density at radius 3 is 3.15 bits per heavy atom. The second kappa shape index (κ2) is 5.34. The van der Waals surface area contributed by atoms with Gasteiger partial charge in [0.1, 0.15) is 12.1 Å². The molecule has 0 saturated carbocycles. The molecule has 0 spiro atoms. The number of aromatic nitrogens is 1. The smallest absolute Gasteiger partial charge is 0.226 e. The average molecular weight is 275 g/mol. The lowest BCUT2D eigenvalue weighted by Gasteiger charge is -2.23. The Balaban J connectivity index is 1.68. The van der Waals surface area contributed by atoms with Crippen molar-refractivity contribution < 1.29 is 8.81 Å². The third-order valence-corrected chi connectivity index (χ3v) is 3.69. The molecule has 4 nitrogen and oxygen atoms in total. The minimum absolute atomic E-state index is 0.109. The van der Waals surface area contributed by atoms with Crippen molar-refractivity contribution in [1.82, 2.24) is 15.6 Å². The summed E-state index contributed by atoms with van der Waals surface area (Å²) in [5.41, 5.74) is 1.60. The molecule has 5 heteroatoms. The molecule has 2 heterocycles. The van der Waals surface area contributed by atoms with Gasteiger partial charge in [-0.25, -0.2) is 9.37 Å². The lowest BCUT2D eigenvalue weighted by Crippen LogP contribution is -2.43. The van der Waals surface area contributed by atoms with E-state index in [4.69, 9.17) is 4.42 Å². The van der Waals surface area contributed by atoms with Crippen LogP contribution in [0, 0.1) is 5.82 Å². The molecule has 1 saturated heterocycles. The number of rotatable bonds is 4. The van der Waals surface area contributed by atoms with Gasteiger partial charge in [0.25, 0.3) is 0 Å². The highest BCUT2D eigenvalue weighted by Gasteiger charge is 2.27. The third kappa shape index (κ3) is 2.89. The number of halogens is 1. The Morgan fingerprint density at radius 1 is 1.50 bits per heavy atom. The van der Waals surface area contributed by atoms with Gasteiger partial charge in [0.15, 0.2) is 0 Å². The van der Waals surface area contributed by atoms with Crippen LogP contribution >= 0.6 is 0 Å². The van der Waals surface area contributed by atoms with E-state index < -0.39 is 0 Å². The van der Waals surface area contributed by atoms with E-state index >= 15 is 0 Å². The Bertz CT molecular complexity index is 590. The second-order valence-corrected chi connectivity index (χ2v) is 5.50. The van der Waals surface area contributed by atoms with E-state index in [1.807, 2.05) is 0 Å². The molecule has 0 radical (unpaired) electrons. The molecular formula is C15H18FN3O. The molecule has 2 aromatic rings. The van der Waals surface area contributed by atoms with Crippen LogP contribution in [0.3, 0.4) is 0 Å². The highest BCUT2D eigenvalue weighted by atomic mass is 19.1. The maximum atomic E-state index is 13.2. The van der Waals surface area contributed by atoms with Crippen LogP contribution < -0.4 is 10.6 Å². The third-order valence-electron chi connectivity index (χ3n) is 3.69. The summed E-state index contributed by atoms with van der Waals surface area (Å²) >= 11 is 0. The van der Waals surface area contributed by atoms with Gasteiger partial charge in [0.2, 0.25) is 5.89 Å². The molecule has 20 heavy (non-hydrogen) atoms. The first kappa shape index (κ1) is 13.3. The van der Waals surface area contributed by atoms with Crippen molar-refractivity contribution in [3.05, 3.63) is 42.0 Å². The largest absolute Gasteiger partial charge is 0.444 e. The number of hydrogen-bond donors (Lipinski definition) is 2. The fourth-order valence-corrected chi connectivity index (χ4v) is 2.41. The summed E-state index contributed by atoms with van der Waals surface area (Å²) in [5, 5.41) is 6.83. The Labute approximate surface area is 117 Å². The summed E-state index contributed by atoms with van der Waals surface area (Å²) < 4.78 is 18.6. The van der Waals surface area contributed by atoms with Crippen molar-refractivity contribution in [3.63, 3.8) is 0 Å². The van der Waals surface area contributed by atoms with Gasteiger partial charge in [-0.3, -0.25) is 0 Å². The first-order valence-corrected chi connectivity index (χ1v) is 6.81. The highest BCUT2D eigenvalue weighted by molar-refractivity contribution is 5.52. The zero-order chi connectivity index (χ0) is 14.0. The molecular weight excluding hydrogens is 257 g/mol. The van der Waals surface area contributed by atoms with Crippen molar-refractivity contribution in [2.45, 2.75) is 25.4 Å². The lowest BCUT2D eigenvalue weighted by atomic mass is 10.0. The number of nitrogens with zero attached hydrogens (tertiary/aromatic N) is 1. The molecule has 1 aliphatic rings. The topological polar surface area (TPSA) is 50.1 Å². The minimum Gasteiger partial charge on any atom is -0.444 e. The van der Waals surface area contributed by atoms with Gasteiger partial charge >= 0.3 is 0 Å². The normalized spacial score (nSPS) is 22.3. The molecule has 1 aromatic carbocycles. The van der Waals surface area contributed by atoms with Crippen LogP contribution in [-0.4, -0.2) is 23.6 Å². The lowest BCUT2D eigenvalue weighted by molar-refractivity contribution is 0.383. The van der Waals surface area contributed by atoms with Crippen molar-refractivity contribution in [1.29, 1.82) is 0 Å². The maximum absolute atomic E-state index is 13.2. The standard InChI is InChI=1S/C15H18FN3O/c1-15(5-6-17-10-15)18-8-13-9-20-14(19-13)11-3-2-4-12(16)7-11/h2-4,7,9,17-18H,5-6,8,10H2,1H3. The van der Waals surface area contributed by atoms with Crippen LogP contribution in [0.5, 0.6) is 0 Å². The summed E-state index contributed by atoms with van der Waals surface area (Å²) in [6.07, 6.45) is 2.72. The van der Waals surface area contributed by atoms with Gasteiger partial charge < -0.3 is 15.1 Å². The number of benzene rings is 1. The predicted octanol–water partition coefficient (Wildman–Crippen LogP) is 2.32. The van der Waals surface area contributed by atoms with Gasteiger partial charge in [-0.15, -0.1) is 0 Å². The summed E-state index contributed by atoms with van der Waals surface area (Å²) in [5.74, 6) is 0.168. The van der Waals surface area contributed by atoms with Crippen molar-refractivity contribution in [3.8, 4) is 11.5 Å². The molecule has 106 valence electrons. The highest BCUT2D eigenvalue weighted by Crippen LogP contribution is 2.20. The molecule has 1 aliphatic heterocycles. The van der Waals surface area contributed by atoms with Crippen molar-refractivity contribution >= 4 is 0 Å². The summed E-state index contributed by atoms with van der Waals surface area (Å²) in [7, 11) is 0. The minimum atomic E-state index is -0.287. The predicted molar refractivity (Wildman–Crippen MR) is 74.6 cm³/mol. The number of nitrogens with one attached hydrogen (secondary N) is 2. The Kier molecular flexibility index (Phi) is 3.54. The van der Waals surface area contributed by atoms with E-state index in [2.05, 4.69) is 22.5 Å². The molecule has 0 amide bonds. The van der Waals surface area contributed by atoms with Crippen LogP contribution in [0.25, 0.3) is 11.5 Å². The number of hydrogen-bond acceptors (Lipinski definition) is 4. The van der Waals surface area contributed by atoms with Gasteiger partial charge in [0.05, 0.1) is 5.69 Å². The molecule has 1 fully saturated rings. The average Bonchev–Trinajstić information content (AvgIpc) is 3.06. The quantitative estimate of drug-likeness (QED) is 0.899. The maximum Gasteiger partial charge on any atom is 0.226 e. The first-order chi connectivity index (χ1) is 9.65. The summed E-state index contributed by atoms with van der Waals surface area (Å²) in [6, 6.07) is 6.26. The molecule has 0 bridgehead atoms. The summed E-state index contributed by atoms with van der Waals surface area (Å²) in [6.45, 7) is 4.84. The van der Waals surface area contributed by atoms with Crippen LogP contribution in [0.2, 0.25) is 0 Å². The Hall–Kier alpha value is -1.72. The second-order valence-electron chi connectivity index (χ2n) is 5.50. The van der Waals surface area contributed by atoms with Crippen LogP contribution in [0.15, 0.2) is 34.9 Å². The Morgan fingerprint density at radius 2 is 2.40 bits per heavy atom. The van der Waals surface area contributed by atoms with Crippen LogP contribution in [0.1, 0.15) is 19.0 Å². The fraction of sp³-hybridized carbons (Fsp3) is 0.400. The van der Waals surface area contributed by atoms with Gasteiger partial charge in [-0.2, -0.15) is 0 Å². The number of oxazole rings is 1. The molecule has 3 rings (SSSR count). The van der Waals surface area contributed by atoms with Gasteiger partial charge in [0, 0.05) is 24.2 Å². The summed E-state index contributed by atoms with van der Waals surface area (Å²) in [4.78, 5) is 4.40. The zero-order valence-electron chi connectivity index (χ0n) is 11.4. The van der Waals surface area contributed by atoms with Gasteiger partial charge in [-0.05, 0) is 38.1 Å². The van der Waals surface area contributed by atoms with E-state index in [0.29, 0.717) is 18.0 Å². The van der Waals surface area contributed by atoms with Crippen LogP contribution in [0.4, 0.5) is 4.39 Å². The zero-order valence-corrected chi connectivity index (χ0v) is 11.4. The van der Waals surface area contributed by atoms with E-state index in [0.717, 1.165) is 25.2 Å². The van der Waals surface area contributed by atoms with E-state index in [-0.39, 0.29) is 11.4 Å². The molecule has 1 aromatic heterocycles. The fourth-order valence-electron chi connectivity index (χ4n) is 2.41. The van der Waals surface area contributed by atoms with Gasteiger partial charge in [-0.1, -0.05) is 6.07 Å². The SMILES string of the molecule is CC1(NCc2coc(-c3cccc(F)c3)n2)CCNC1. The monoisotopic (exact) mass is 275 g/mol. The molecule has 2 N–H and O–H groups in total. The molecule has 1 unspecified atom stereocenters. The van der Waals surface area contributed by atoms with Crippen molar-refractivity contribution in [2.75, 3.05) is 13.1 Å². The first-order valence-electron chi connectivity index (χ1n) is 6.81. The van der Waals surface area contributed by atoms with Crippen LogP contribution in [-0.2, 0) is 6.54 Å². The van der Waals surface area contributed by atoms with E-state index in [9.17, 15) is 4.39 Å². The molecule has 1 atom stereocenters. The van der Waals surface area contributed by atoms with E-state index in [1.165, 1.54) is 12.1 Å². The molecule has 0 aliphatic carbocycles. The van der Waals surface area contributed by atoms with Crippen molar-refractivity contribution in [2.24, 2.45) is 0 Å². The van der Waals surface area contributed by atoms with E-state index in [1.54, 1.807) is 18.4 Å².